The topological polar surface area (TPSA) is 54.2 Å². The molecule has 1 aliphatic rings. The van der Waals surface area contributed by atoms with Crippen LogP contribution in [-0.2, 0) is 0 Å². The second kappa shape index (κ2) is 6.89. The Balaban J connectivity index is 2.00. The van der Waals surface area contributed by atoms with Gasteiger partial charge in [0.15, 0.2) is 0 Å². The summed E-state index contributed by atoms with van der Waals surface area (Å²) in [7, 11) is 2.07. The molecule has 1 aromatic rings. The van der Waals surface area contributed by atoms with Crippen LogP contribution in [0.4, 0.5) is 6.01 Å². The molecule has 5 nitrogen and oxygen atoms in total. The number of nitrogens with zero attached hydrogens (tertiary/aromatic N) is 3. The van der Waals surface area contributed by atoms with Gasteiger partial charge in [0.2, 0.25) is 5.89 Å². The van der Waals surface area contributed by atoms with E-state index in [1.165, 1.54) is 38.5 Å². The Morgan fingerprint density at radius 2 is 1.95 bits per heavy atom. The molecule has 0 amide bonds. The summed E-state index contributed by atoms with van der Waals surface area (Å²) in [4.78, 5) is 2.17. The SMILES string of the molecule is CCNC(C)c1nnc(N(C)C2CCCCCC2)o1. The maximum atomic E-state index is 5.80. The number of rotatable bonds is 5. The van der Waals surface area contributed by atoms with E-state index in [0.29, 0.717) is 17.9 Å². The molecule has 1 heterocycles. The minimum Gasteiger partial charge on any atom is -0.406 e. The van der Waals surface area contributed by atoms with E-state index in [1.807, 2.05) is 6.92 Å². The van der Waals surface area contributed by atoms with Gasteiger partial charge in [-0.2, -0.15) is 0 Å². The molecule has 0 bridgehead atoms. The molecule has 1 aliphatic carbocycles. The largest absolute Gasteiger partial charge is 0.406 e. The van der Waals surface area contributed by atoms with Crippen LogP contribution in [0.3, 0.4) is 0 Å². The third kappa shape index (κ3) is 3.69. The zero-order chi connectivity index (χ0) is 13.7. The van der Waals surface area contributed by atoms with Gasteiger partial charge in [-0.15, -0.1) is 5.10 Å². The van der Waals surface area contributed by atoms with E-state index < -0.39 is 0 Å². The van der Waals surface area contributed by atoms with E-state index in [2.05, 4.69) is 34.4 Å². The molecule has 0 aliphatic heterocycles. The molecule has 0 radical (unpaired) electrons. The van der Waals surface area contributed by atoms with Crippen LogP contribution in [0.1, 0.15) is 64.3 Å². The third-order valence-electron chi connectivity index (χ3n) is 3.98. The van der Waals surface area contributed by atoms with Gasteiger partial charge in [-0.3, -0.25) is 0 Å². The fraction of sp³-hybridized carbons (Fsp3) is 0.857. The summed E-state index contributed by atoms with van der Waals surface area (Å²) in [5.41, 5.74) is 0. The van der Waals surface area contributed by atoms with Crippen LogP contribution in [0.5, 0.6) is 0 Å². The number of anilines is 1. The normalized spacial score (nSPS) is 19.1. The van der Waals surface area contributed by atoms with Crippen molar-refractivity contribution < 1.29 is 4.42 Å². The summed E-state index contributed by atoms with van der Waals surface area (Å²) >= 11 is 0. The van der Waals surface area contributed by atoms with Gasteiger partial charge in [-0.05, 0) is 26.3 Å². The lowest BCUT2D eigenvalue weighted by Gasteiger charge is -2.24. The Hall–Kier alpha value is -1.10. The van der Waals surface area contributed by atoms with Crippen LogP contribution in [0, 0.1) is 0 Å². The standard InChI is InChI=1S/C14H26N4O/c1-4-15-11(2)13-16-17-14(19-13)18(3)12-9-7-5-6-8-10-12/h11-12,15H,4-10H2,1-3H3. The second-order valence-electron chi connectivity index (χ2n) is 5.46. The highest BCUT2D eigenvalue weighted by Crippen LogP contribution is 2.25. The van der Waals surface area contributed by atoms with Gasteiger partial charge in [0.05, 0.1) is 6.04 Å². The molecule has 1 saturated carbocycles. The van der Waals surface area contributed by atoms with Crippen molar-refractivity contribution in [3.05, 3.63) is 5.89 Å². The van der Waals surface area contributed by atoms with Gasteiger partial charge in [0.25, 0.3) is 0 Å². The van der Waals surface area contributed by atoms with Gasteiger partial charge in [-0.25, -0.2) is 0 Å². The average Bonchev–Trinajstić information content (AvgIpc) is 2.74. The Labute approximate surface area is 115 Å². The fourth-order valence-corrected chi connectivity index (χ4v) is 2.74. The van der Waals surface area contributed by atoms with Crippen LogP contribution < -0.4 is 10.2 Å². The van der Waals surface area contributed by atoms with Gasteiger partial charge in [0, 0.05) is 13.1 Å². The van der Waals surface area contributed by atoms with Crippen molar-refractivity contribution in [1.29, 1.82) is 0 Å². The van der Waals surface area contributed by atoms with Gasteiger partial charge in [-0.1, -0.05) is 37.7 Å². The molecule has 1 unspecified atom stereocenters. The molecule has 0 spiro atoms. The zero-order valence-electron chi connectivity index (χ0n) is 12.4. The predicted molar refractivity (Wildman–Crippen MR) is 76.3 cm³/mol. The first-order chi connectivity index (χ1) is 9.22. The van der Waals surface area contributed by atoms with Crippen molar-refractivity contribution in [3.63, 3.8) is 0 Å². The first-order valence-corrected chi connectivity index (χ1v) is 7.52. The third-order valence-corrected chi connectivity index (χ3v) is 3.98. The van der Waals surface area contributed by atoms with Gasteiger partial charge >= 0.3 is 6.01 Å². The van der Waals surface area contributed by atoms with Crippen LogP contribution in [-0.4, -0.2) is 29.8 Å². The fourth-order valence-electron chi connectivity index (χ4n) is 2.74. The lowest BCUT2D eigenvalue weighted by Crippen LogP contribution is -2.31. The molecule has 1 fully saturated rings. The van der Waals surface area contributed by atoms with Crippen molar-refractivity contribution in [3.8, 4) is 0 Å². The summed E-state index contributed by atoms with van der Waals surface area (Å²) in [6, 6.07) is 1.32. The monoisotopic (exact) mass is 266 g/mol. The number of hydrogen-bond acceptors (Lipinski definition) is 5. The Morgan fingerprint density at radius 1 is 1.26 bits per heavy atom. The molecule has 0 aromatic carbocycles. The quantitative estimate of drug-likeness (QED) is 0.830. The number of nitrogens with one attached hydrogen (secondary N) is 1. The van der Waals surface area contributed by atoms with Crippen molar-refractivity contribution in [2.75, 3.05) is 18.5 Å². The smallest absolute Gasteiger partial charge is 0.318 e. The van der Waals surface area contributed by atoms with E-state index in [1.54, 1.807) is 0 Å². The summed E-state index contributed by atoms with van der Waals surface area (Å²) in [5, 5.41) is 11.6. The lowest BCUT2D eigenvalue weighted by molar-refractivity contribution is 0.409. The number of hydrogen-bond donors (Lipinski definition) is 1. The highest BCUT2D eigenvalue weighted by atomic mass is 16.4. The Kier molecular flexibility index (Phi) is 5.19. The zero-order valence-corrected chi connectivity index (χ0v) is 12.4. The van der Waals surface area contributed by atoms with Crippen LogP contribution >= 0.6 is 0 Å². The van der Waals surface area contributed by atoms with Crippen LogP contribution in [0.2, 0.25) is 0 Å². The van der Waals surface area contributed by atoms with Crippen LogP contribution in [0.25, 0.3) is 0 Å². The van der Waals surface area contributed by atoms with E-state index in [0.717, 1.165) is 6.54 Å². The summed E-state index contributed by atoms with van der Waals surface area (Å²) in [6.07, 6.45) is 7.80. The van der Waals surface area contributed by atoms with E-state index in [9.17, 15) is 0 Å². The highest BCUT2D eigenvalue weighted by Gasteiger charge is 2.22. The molecule has 0 saturated heterocycles. The molecular weight excluding hydrogens is 240 g/mol. The summed E-state index contributed by atoms with van der Waals surface area (Å²) < 4.78 is 5.80. The molecule has 2 rings (SSSR count). The van der Waals surface area contributed by atoms with Crippen molar-refractivity contribution in [2.45, 2.75) is 64.5 Å². The second-order valence-corrected chi connectivity index (χ2v) is 5.46. The van der Waals surface area contributed by atoms with Gasteiger partial charge in [0.1, 0.15) is 0 Å². The molecule has 19 heavy (non-hydrogen) atoms. The van der Waals surface area contributed by atoms with Crippen molar-refractivity contribution in [1.82, 2.24) is 15.5 Å². The maximum Gasteiger partial charge on any atom is 0.318 e. The molecule has 108 valence electrons. The minimum atomic E-state index is 0.119. The van der Waals surface area contributed by atoms with E-state index in [4.69, 9.17) is 4.42 Å². The average molecular weight is 266 g/mol. The van der Waals surface area contributed by atoms with E-state index >= 15 is 0 Å². The summed E-state index contributed by atoms with van der Waals surface area (Å²) in [5.74, 6) is 0.678. The van der Waals surface area contributed by atoms with Crippen molar-refractivity contribution in [2.24, 2.45) is 0 Å². The molecule has 5 heteroatoms. The van der Waals surface area contributed by atoms with Crippen molar-refractivity contribution >= 4 is 6.01 Å². The lowest BCUT2D eigenvalue weighted by atomic mass is 10.1. The molecule has 1 N–H and O–H groups in total. The molecule has 1 aromatic heterocycles. The first kappa shape index (κ1) is 14.3. The molecule has 1 atom stereocenters. The summed E-state index contributed by atoms with van der Waals surface area (Å²) in [6.45, 7) is 5.02. The Morgan fingerprint density at radius 3 is 2.58 bits per heavy atom. The van der Waals surface area contributed by atoms with Gasteiger partial charge < -0.3 is 14.6 Å². The molecular formula is C14H26N4O. The number of aromatic nitrogens is 2. The van der Waals surface area contributed by atoms with Crippen LogP contribution in [0.15, 0.2) is 4.42 Å². The Bertz CT molecular complexity index is 371. The maximum absolute atomic E-state index is 5.80. The minimum absolute atomic E-state index is 0.119. The first-order valence-electron chi connectivity index (χ1n) is 7.52. The highest BCUT2D eigenvalue weighted by molar-refractivity contribution is 5.24. The van der Waals surface area contributed by atoms with E-state index in [-0.39, 0.29) is 6.04 Å². The predicted octanol–water partition coefficient (Wildman–Crippen LogP) is 2.90.